The van der Waals surface area contributed by atoms with Gasteiger partial charge in [-0.05, 0) is 104 Å². The van der Waals surface area contributed by atoms with Crippen molar-refractivity contribution in [2.45, 2.75) is 78.6 Å². The van der Waals surface area contributed by atoms with Crippen molar-refractivity contribution in [3.05, 3.63) is 100 Å². The van der Waals surface area contributed by atoms with Crippen molar-refractivity contribution in [3.63, 3.8) is 0 Å². The first kappa shape index (κ1) is 35.1. The van der Waals surface area contributed by atoms with E-state index in [4.69, 9.17) is 14.5 Å². The second-order valence-corrected chi connectivity index (χ2v) is 14.8. The molecule has 0 spiro atoms. The average Bonchev–Trinajstić information content (AvgIpc) is 3.40. The van der Waals surface area contributed by atoms with E-state index in [1.807, 2.05) is 60.9 Å². The first-order valence-corrected chi connectivity index (χ1v) is 17.9. The lowest BCUT2D eigenvalue weighted by Gasteiger charge is -2.35. The van der Waals surface area contributed by atoms with Crippen LogP contribution in [0.15, 0.2) is 72.4 Å². The molecule has 4 aromatic rings. The summed E-state index contributed by atoms with van der Waals surface area (Å²) in [5, 5.41) is 0.891. The predicted octanol–water partition coefficient (Wildman–Crippen LogP) is 7.31. The Morgan fingerprint density at radius 1 is 0.942 bits per heavy atom. The van der Waals surface area contributed by atoms with Crippen molar-refractivity contribution >= 4 is 46.4 Å². The predicted molar refractivity (Wildman–Crippen MR) is 200 cm³/mol. The highest BCUT2D eigenvalue weighted by Crippen LogP contribution is 2.39. The summed E-state index contributed by atoms with van der Waals surface area (Å²) in [6.45, 7) is 11.3. The zero-order valence-electron chi connectivity index (χ0n) is 30.4. The number of benzene rings is 3. The zero-order valence-corrected chi connectivity index (χ0v) is 30.4. The van der Waals surface area contributed by atoms with Crippen LogP contribution < -0.4 is 4.90 Å². The fourth-order valence-corrected chi connectivity index (χ4v) is 7.52. The fourth-order valence-electron chi connectivity index (χ4n) is 7.52. The Kier molecular flexibility index (Phi) is 9.44. The van der Waals surface area contributed by atoms with Crippen LogP contribution in [0.3, 0.4) is 0 Å². The highest BCUT2D eigenvalue weighted by molar-refractivity contribution is 6.26. The minimum absolute atomic E-state index is 0.0199. The van der Waals surface area contributed by atoms with Crippen LogP contribution in [0.4, 0.5) is 10.5 Å². The van der Waals surface area contributed by atoms with Crippen molar-refractivity contribution in [2.75, 3.05) is 24.7 Å². The molecule has 1 fully saturated rings. The maximum atomic E-state index is 13.7. The summed E-state index contributed by atoms with van der Waals surface area (Å²) in [5.41, 5.74) is 6.98. The van der Waals surface area contributed by atoms with Gasteiger partial charge in [0.1, 0.15) is 5.60 Å². The molecule has 4 heterocycles. The number of fused-ring (bicyclic) bond motifs is 3. The van der Waals surface area contributed by atoms with Crippen LogP contribution in [0.1, 0.15) is 80.2 Å². The normalized spacial score (nSPS) is 16.9. The third kappa shape index (κ3) is 6.95. The molecule has 0 saturated carbocycles. The number of Topliss-reactive ketones (excluding diaryl/α,β-unsaturated/α-hetero) is 1. The summed E-state index contributed by atoms with van der Waals surface area (Å²) in [6.07, 6.45) is 3.48. The van der Waals surface area contributed by atoms with Gasteiger partial charge in [0.15, 0.2) is 0 Å². The number of hydrogen-bond donors (Lipinski definition) is 0. The molecule has 0 aliphatic carbocycles. The number of anilines is 1. The molecule has 0 radical (unpaired) electrons. The minimum atomic E-state index is -0.643. The molecule has 0 unspecified atom stereocenters. The Hall–Kier alpha value is -5.35. The van der Waals surface area contributed by atoms with Crippen LogP contribution in [0.5, 0.6) is 0 Å². The number of para-hydroxylation sites is 1. The number of aromatic nitrogens is 1. The molecule has 10 nitrogen and oxygen atoms in total. The molecule has 268 valence electrons. The van der Waals surface area contributed by atoms with Crippen LogP contribution in [-0.4, -0.2) is 69.9 Å². The van der Waals surface area contributed by atoms with Gasteiger partial charge in [-0.1, -0.05) is 36.4 Å². The number of rotatable bonds is 5. The van der Waals surface area contributed by atoms with Crippen molar-refractivity contribution in [1.29, 1.82) is 0 Å². The first-order valence-electron chi connectivity index (χ1n) is 17.9. The lowest BCUT2D eigenvalue weighted by molar-refractivity contribution is -0.129. The lowest BCUT2D eigenvalue weighted by Crippen LogP contribution is -2.45. The van der Waals surface area contributed by atoms with Gasteiger partial charge < -0.3 is 19.3 Å². The second-order valence-electron chi connectivity index (χ2n) is 14.8. The van der Waals surface area contributed by atoms with E-state index >= 15 is 0 Å². The van der Waals surface area contributed by atoms with E-state index in [-0.39, 0.29) is 35.4 Å². The highest BCUT2D eigenvalue weighted by atomic mass is 16.6. The van der Waals surface area contributed by atoms with Crippen LogP contribution in [0.25, 0.3) is 28.1 Å². The summed E-state index contributed by atoms with van der Waals surface area (Å²) in [4.78, 5) is 62.6. The van der Waals surface area contributed by atoms with Gasteiger partial charge >= 0.3 is 6.09 Å². The molecule has 10 heteroatoms. The molecule has 3 amide bonds. The third-order valence-electron chi connectivity index (χ3n) is 9.97. The average molecular weight is 701 g/mol. The molecule has 3 aliphatic heterocycles. The Morgan fingerprint density at radius 2 is 1.69 bits per heavy atom. The summed E-state index contributed by atoms with van der Waals surface area (Å²) >= 11 is 0. The molecule has 3 aromatic carbocycles. The van der Waals surface area contributed by atoms with E-state index in [1.54, 1.807) is 31.2 Å². The molecular weight excluding hydrogens is 656 g/mol. The molecule has 3 aliphatic rings. The van der Waals surface area contributed by atoms with Crippen molar-refractivity contribution < 1.29 is 28.7 Å². The summed E-state index contributed by atoms with van der Waals surface area (Å²) in [6, 6.07) is 21.3. The fraction of sp³-hybridized carbons (Fsp3) is 0.357. The van der Waals surface area contributed by atoms with E-state index in [0.717, 1.165) is 46.0 Å². The number of hydrogen-bond acceptors (Lipinski definition) is 7. The van der Waals surface area contributed by atoms with E-state index in [2.05, 4.69) is 18.2 Å². The van der Waals surface area contributed by atoms with Crippen molar-refractivity contribution in [1.82, 2.24) is 14.8 Å². The summed E-state index contributed by atoms with van der Waals surface area (Å²) < 4.78 is 11.5. The van der Waals surface area contributed by atoms with Gasteiger partial charge in [-0.15, -0.1) is 0 Å². The maximum absolute atomic E-state index is 13.7. The van der Waals surface area contributed by atoms with E-state index < -0.39 is 5.60 Å². The molecule has 1 aromatic heterocycles. The maximum Gasteiger partial charge on any atom is 0.410 e. The Bertz CT molecular complexity index is 2130. The van der Waals surface area contributed by atoms with Crippen LogP contribution in [0.2, 0.25) is 0 Å². The van der Waals surface area contributed by atoms with Crippen LogP contribution in [-0.2, 0) is 38.6 Å². The Morgan fingerprint density at radius 3 is 2.42 bits per heavy atom. The van der Waals surface area contributed by atoms with E-state index in [1.165, 1.54) is 11.8 Å². The number of carbonyl (C=O) groups is 4. The number of nitrogens with zero attached hydrogens (tertiary/aromatic N) is 4. The van der Waals surface area contributed by atoms with E-state index in [0.29, 0.717) is 61.7 Å². The van der Waals surface area contributed by atoms with Gasteiger partial charge in [-0.25, -0.2) is 9.78 Å². The summed E-state index contributed by atoms with van der Waals surface area (Å²) in [7, 11) is 0. The molecule has 0 bridgehead atoms. The minimum Gasteiger partial charge on any atom is -0.444 e. The Balaban J connectivity index is 1.36. The smallest absolute Gasteiger partial charge is 0.410 e. The number of carbonyl (C=O) groups excluding carboxylic acids is 4. The van der Waals surface area contributed by atoms with Gasteiger partial charge in [0.05, 0.1) is 22.6 Å². The van der Waals surface area contributed by atoms with Gasteiger partial charge in [0.25, 0.3) is 0 Å². The molecular formula is C42H44N4O6. The molecule has 0 atom stereocenters. The highest BCUT2D eigenvalue weighted by Gasteiger charge is 2.35. The van der Waals surface area contributed by atoms with Crippen LogP contribution in [0, 0.1) is 0 Å². The van der Waals surface area contributed by atoms with Gasteiger partial charge in [-0.3, -0.25) is 19.3 Å². The topological polar surface area (TPSA) is 109 Å². The largest absolute Gasteiger partial charge is 0.444 e. The number of ether oxygens (including phenoxy) is 2. The van der Waals surface area contributed by atoms with Crippen LogP contribution >= 0.6 is 0 Å². The van der Waals surface area contributed by atoms with Gasteiger partial charge in [0.2, 0.25) is 17.6 Å². The SMILES string of the molecule is CC(=O)N1CCc2c(cccc2-c2cc(/C=C3/C(=O)c4ccccc4N3C(C)=O)nc3ccc(CN(C(=O)OC(C)(C)C)C4CCOCC4)cc23)C1. The first-order chi connectivity index (χ1) is 24.9. The Labute approximate surface area is 304 Å². The zero-order chi connectivity index (χ0) is 36.7. The van der Waals surface area contributed by atoms with Gasteiger partial charge in [-0.2, -0.15) is 0 Å². The number of allylic oxidation sites excluding steroid dienone is 1. The van der Waals surface area contributed by atoms with E-state index in [9.17, 15) is 19.2 Å². The molecule has 1 saturated heterocycles. The number of amides is 3. The quantitative estimate of drug-likeness (QED) is 0.201. The number of ketones is 1. The van der Waals surface area contributed by atoms with Crippen molar-refractivity contribution in [2.24, 2.45) is 0 Å². The molecule has 0 N–H and O–H groups in total. The second kappa shape index (κ2) is 14.0. The standard InChI is InChI=1S/C42H44N4O6/c1-26(47)44-18-15-32-29(25-44)9-8-11-33(32)35-22-30(23-39-40(49)34-10-6-7-12-38(34)46(39)27(2)48)43-37-14-13-28(21-36(35)37)24-45(31-16-19-51-20-17-31)41(50)52-42(3,4)5/h6-14,21-23,31H,15-20,24-25H2,1-5H3/b39-23-. The molecule has 52 heavy (non-hydrogen) atoms. The lowest BCUT2D eigenvalue weighted by atomic mass is 9.88. The monoisotopic (exact) mass is 700 g/mol. The number of pyridine rings is 1. The van der Waals surface area contributed by atoms with Gasteiger partial charge in [0, 0.05) is 63.7 Å². The molecule has 7 rings (SSSR count). The third-order valence-corrected chi connectivity index (χ3v) is 9.97. The van der Waals surface area contributed by atoms with Crippen molar-refractivity contribution in [3.8, 4) is 11.1 Å². The summed E-state index contributed by atoms with van der Waals surface area (Å²) in [5.74, 6) is -0.455.